The van der Waals surface area contributed by atoms with Gasteiger partial charge in [-0.3, -0.25) is 0 Å². The maximum atomic E-state index is 11.3. The van der Waals surface area contributed by atoms with E-state index in [-0.39, 0.29) is 6.10 Å². The Morgan fingerprint density at radius 1 is 1.56 bits per heavy atom. The summed E-state index contributed by atoms with van der Waals surface area (Å²) in [5.41, 5.74) is 0. The summed E-state index contributed by atoms with van der Waals surface area (Å²) in [7, 11) is -3.11. The van der Waals surface area contributed by atoms with Crippen LogP contribution in [0.2, 0.25) is 0 Å². The molecular weight excluding hydrogens is 230 g/mol. The predicted molar refractivity (Wildman–Crippen MR) is 57.5 cm³/mol. The first-order valence-electron chi connectivity index (χ1n) is 4.93. The summed E-state index contributed by atoms with van der Waals surface area (Å²) in [4.78, 5) is 7.70. The van der Waals surface area contributed by atoms with E-state index in [2.05, 4.69) is 9.97 Å². The highest BCUT2D eigenvalue weighted by Crippen LogP contribution is 2.17. The second kappa shape index (κ2) is 4.34. The van der Waals surface area contributed by atoms with Crippen molar-refractivity contribution in [1.82, 2.24) is 14.3 Å². The molecule has 1 aromatic rings. The van der Waals surface area contributed by atoms with E-state index in [1.54, 1.807) is 12.3 Å². The van der Waals surface area contributed by atoms with Crippen LogP contribution in [-0.2, 0) is 10.0 Å². The molecule has 0 radical (unpaired) electrons. The number of ether oxygens (including phenoxy) is 1. The summed E-state index contributed by atoms with van der Waals surface area (Å²) in [6, 6.07) is 1.66. The van der Waals surface area contributed by atoms with Crippen molar-refractivity contribution < 1.29 is 13.2 Å². The molecule has 1 aliphatic rings. The second-order valence-electron chi connectivity index (χ2n) is 3.70. The maximum absolute atomic E-state index is 11.3. The molecule has 0 bridgehead atoms. The molecule has 0 unspecified atom stereocenters. The van der Waals surface area contributed by atoms with Crippen LogP contribution < -0.4 is 4.74 Å². The molecule has 1 fully saturated rings. The Morgan fingerprint density at radius 3 is 2.94 bits per heavy atom. The van der Waals surface area contributed by atoms with Crippen molar-refractivity contribution in [2.24, 2.45) is 0 Å². The van der Waals surface area contributed by atoms with Crippen molar-refractivity contribution in [1.29, 1.82) is 0 Å². The average molecular weight is 243 g/mol. The van der Waals surface area contributed by atoms with Crippen molar-refractivity contribution in [2.75, 3.05) is 19.3 Å². The van der Waals surface area contributed by atoms with Gasteiger partial charge in [-0.2, -0.15) is 4.31 Å². The minimum Gasteiger partial charge on any atom is -0.473 e. The molecule has 0 N–H and O–H groups in total. The standard InChI is InChI=1S/C9H13N3O3S/c1-16(13,14)12-5-3-8(6-12)15-9-2-4-10-7-11-9/h2,4,7-8H,3,5-6H2,1H3/t8-/m1/s1. The fraction of sp³-hybridized carbons (Fsp3) is 0.556. The molecule has 88 valence electrons. The Hall–Kier alpha value is -1.21. The van der Waals surface area contributed by atoms with E-state index in [1.807, 2.05) is 0 Å². The van der Waals surface area contributed by atoms with E-state index < -0.39 is 10.0 Å². The van der Waals surface area contributed by atoms with Crippen LogP contribution in [0.1, 0.15) is 6.42 Å². The molecule has 2 rings (SSSR count). The lowest BCUT2D eigenvalue weighted by atomic mass is 10.3. The van der Waals surface area contributed by atoms with Gasteiger partial charge in [0.05, 0.1) is 12.8 Å². The quantitative estimate of drug-likeness (QED) is 0.740. The Labute approximate surface area is 94.3 Å². The van der Waals surface area contributed by atoms with Crippen molar-refractivity contribution in [3.63, 3.8) is 0 Å². The van der Waals surface area contributed by atoms with Gasteiger partial charge in [0.15, 0.2) is 0 Å². The fourth-order valence-electron chi connectivity index (χ4n) is 1.61. The third kappa shape index (κ3) is 2.67. The molecule has 1 aromatic heterocycles. The van der Waals surface area contributed by atoms with E-state index in [0.717, 1.165) is 0 Å². The summed E-state index contributed by atoms with van der Waals surface area (Å²) in [6.45, 7) is 0.900. The van der Waals surface area contributed by atoms with Crippen molar-refractivity contribution >= 4 is 10.0 Å². The molecule has 7 heteroatoms. The Balaban J connectivity index is 1.96. The summed E-state index contributed by atoms with van der Waals surface area (Å²) < 4.78 is 29.5. The normalized spacial score (nSPS) is 22.2. The third-order valence-electron chi connectivity index (χ3n) is 2.42. The molecule has 2 heterocycles. The van der Waals surface area contributed by atoms with Gasteiger partial charge in [0.25, 0.3) is 0 Å². The molecule has 1 atom stereocenters. The largest absolute Gasteiger partial charge is 0.473 e. The zero-order valence-electron chi connectivity index (χ0n) is 8.91. The summed E-state index contributed by atoms with van der Waals surface area (Å²) in [5.74, 6) is 0.482. The van der Waals surface area contributed by atoms with Gasteiger partial charge in [-0.25, -0.2) is 18.4 Å². The van der Waals surface area contributed by atoms with E-state index in [4.69, 9.17) is 4.74 Å². The van der Waals surface area contributed by atoms with Gasteiger partial charge in [0, 0.05) is 18.8 Å². The van der Waals surface area contributed by atoms with E-state index >= 15 is 0 Å². The number of nitrogens with zero attached hydrogens (tertiary/aromatic N) is 3. The fourth-order valence-corrected chi connectivity index (χ4v) is 2.49. The lowest BCUT2D eigenvalue weighted by Gasteiger charge is -2.14. The Morgan fingerprint density at radius 2 is 2.38 bits per heavy atom. The number of hydrogen-bond donors (Lipinski definition) is 0. The van der Waals surface area contributed by atoms with Gasteiger partial charge < -0.3 is 4.74 Å². The molecule has 1 saturated heterocycles. The Kier molecular flexibility index (Phi) is 3.06. The molecule has 0 aliphatic carbocycles. The van der Waals surface area contributed by atoms with Crippen LogP contribution in [0, 0.1) is 0 Å². The Bertz CT molecular complexity index is 448. The molecular formula is C9H13N3O3S. The monoisotopic (exact) mass is 243 g/mol. The van der Waals surface area contributed by atoms with Crippen LogP contribution >= 0.6 is 0 Å². The highest BCUT2D eigenvalue weighted by molar-refractivity contribution is 7.88. The number of aromatic nitrogens is 2. The summed E-state index contributed by atoms with van der Waals surface area (Å²) in [6.07, 6.45) is 4.77. The van der Waals surface area contributed by atoms with Crippen molar-refractivity contribution in [2.45, 2.75) is 12.5 Å². The second-order valence-corrected chi connectivity index (χ2v) is 5.68. The molecule has 16 heavy (non-hydrogen) atoms. The van der Waals surface area contributed by atoms with Gasteiger partial charge in [0.2, 0.25) is 15.9 Å². The zero-order chi connectivity index (χ0) is 11.6. The predicted octanol–water partition coefficient (Wildman–Crippen LogP) is -0.111. The first kappa shape index (κ1) is 11.3. The van der Waals surface area contributed by atoms with Gasteiger partial charge in [-0.1, -0.05) is 0 Å². The van der Waals surface area contributed by atoms with Crippen LogP contribution in [0.25, 0.3) is 0 Å². The first-order chi connectivity index (χ1) is 7.55. The zero-order valence-corrected chi connectivity index (χ0v) is 9.72. The van der Waals surface area contributed by atoms with Gasteiger partial charge in [0.1, 0.15) is 12.4 Å². The maximum Gasteiger partial charge on any atom is 0.216 e. The minimum atomic E-state index is -3.11. The lowest BCUT2D eigenvalue weighted by molar-refractivity contribution is 0.206. The minimum absolute atomic E-state index is 0.121. The van der Waals surface area contributed by atoms with Gasteiger partial charge >= 0.3 is 0 Å². The highest BCUT2D eigenvalue weighted by atomic mass is 32.2. The summed E-state index contributed by atoms with van der Waals surface area (Å²) >= 11 is 0. The topological polar surface area (TPSA) is 72.4 Å². The lowest BCUT2D eigenvalue weighted by Crippen LogP contribution is -2.30. The van der Waals surface area contributed by atoms with E-state index in [1.165, 1.54) is 16.9 Å². The molecule has 1 aliphatic heterocycles. The first-order valence-corrected chi connectivity index (χ1v) is 6.78. The van der Waals surface area contributed by atoms with E-state index in [9.17, 15) is 8.42 Å². The van der Waals surface area contributed by atoms with E-state index in [0.29, 0.717) is 25.4 Å². The highest BCUT2D eigenvalue weighted by Gasteiger charge is 2.29. The van der Waals surface area contributed by atoms with Gasteiger partial charge in [-0.05, 0) is 6.42 Å². The van der Waals surface area contributed by atoms with Crippen molar-refractivity contribution in [3.05, 3.63) is 18.6 Å². The molecule has 0 amide bonds. The van der Waals surface area contributed by atoms with Crippen LogP contribution in [0.15, 0.2) is 18.6 Å². The molecule has 6 nitrogen and oxygen atoms in total. The molecule has 0 aromatic carbocycles. The number of rotatable bonds is 3. The number of hydrogen-bond acceptors (Lipinski definition) is 5. The van der Waals surface area contributed by atoms with Gasteiger partial charge in [-0.15, -0.1) is 0 Å². The molecule has 0 spiro atoms. The van der Waals surface area contributed by atoms with Crippen LogP contribution in [-0.4, -0.2) is 48.1 Å². The number of sulfonamides is 1. The van der Waals surface area contributed by atoms with Crippen LogP contribution in [0.5, 0.6) is 5.88 Å². The van der Waals surface area contributed by atoms with Crippen LogP contribution in [0.3, 0.4) is 0 Å². The van der Waals surface area contributed by atoms with Crippen molar-refractivity contribution in [3.8, 4) is 5.88 Å². The molecule has 0 saturated carbocycles. The smallest absolute Gasteiger partial charge is 0.216 e. The average Bonchev–Trinajstić information content (AvgIpc) is 2.67. The van der Waals surface area contributed by atoms with Crippen LogP contribution in [0.4, 0.5) is 0 Å². The summed E-state index contributed by atoms with van der Waals surface area (Å²) in [5, 5.41) is 0. The SMILES string of the molecule is CS(=O)(=O)N1CC[C@@H](Oc2ccncn2)C1. The third-order valence-corrected chi connectivity index (χ3v) is 3.69.